The maximum absolute atomic E-state index is 11.6. The zero-order chi connectivity index (χ0) is 12.1. The van der Waals surface area contributed by atoms with Gasteiger partial charge in [0.25, 0.3) is 0 Å². The predicted octanol–water partition coefficient (Wildman–Crippen LogP) is 1.79. The summed E-state index contributed by atoms with van der Waals surface area (Å²) >= 11 is 0. The van der Waals surface area contributed by atoms with Gasteiger partial charge >= 0.3 is 5.97 Å². The van der Waals surface area contributed by atoms with E-state index in [9.17, 15) is 9.59 Å². The lowest BCUT2D eigenvalue weighted by molar-refractivity contribution is -0.142. The van der Waals surface area contributed by atoms with Gasteiger partial charge in [0.1, 0.15) is 0 Å². The van der Waals surface area contributed by atoms with Gasteiger partial charge in [0.2, 0.25) is 5.91 Å². The Morgan fingerprint density at radius 1 is 1.38 bits per heavy atom. The van der Waals surface area contributed by atoms with Gasteiger partial charge < -0.3 is 10.4 Å². The molecule has 0 aliphatic heterocycles. The molecule has 2 unspecified atom stereocenters. The van der Waals surface area contributed by atoms with Crippen molar-refractivity contribution in [3.05, 3.63) is 0 Å². The molecule has 4 nitrogen and oxygen atoms in total. The Kier molecular flexibility index (Phi) is 4.77. The highest BCUT2D eigenvalue weighted by Crippen LogP contribution is 2.25. The van der Waals surface area contributed by atoms with Crippen molar-refractivity contribution in [2.45, 2.75) is 52.0 Å². The van der Waals surface area contributed by atoms with Crippen molar-refractivity contribution in [2.24, 2.45) is 11.8 Å². The van der Waals surface area contributed by atoms with Crippen LogP contribution in [0.4, 0.5) is 0 Å². The number of nitrogens with one attached hydrogen (secondary N) is 1. The SMILES string of the molecule is CC(C)CCC(=O)NC1CCCC1C(=O)O. The second kappa shape index (κ2) is 5.87. The van der Waals surface area contributed by atoms with Gasteiger partial charge in [-0.15, -0.1) is 0 Å². The predicted molar refractivity (Wildman–Crippen MR) is 61.0 cm³/mol. The molecule has 16 heavy (non-hydrogen) atoms. The molecule has 92 valence electrons. The van der Waals surface area contributed by atoms with Gasteiger partial charge in [-0.25, -0.2) is 0 Å². The lowest BCUT2D eigenvalue weighted by Gasteiger charge is -2.17. The van der Waals surface area contributed by atoms with Gasteiger partial charge in [0, 0.05) is 12.5 Å². The van der Waals surface area contributed by atoms with E-state index in [-0.39, 0.29) is 17.9 Å². The summed E-state index contributed by atoms with van der Waals surface area (Å²) < 4.78 is 0. The van der Waals surface area contributed by atoms with E-state index in [1.807, 2.05) is 0 Å². The van der Waals surface area contributed by atoms with E-state index < -0.39 is 5.97 Å². The minimum atomic E-state index is -0.786. The van der Waals surface area contributed by atoms with Gasteiger partial charge in [0.15, 0.2) is 0 Å². The Balaban J connectivity index is 2.35. The fraction of sp³-hybridized carbons (Fsp3) is 0.833. The van der Waals surface area contributed by atoms with Crippen molar-refractivity contribution in [2.75, 3.05) is 0 Å². The fourth-order valence-corrected chi connectivity index (χ4v) is 2.13. The van der Waals surface area contributed by atoms with Crippen LogP contribution in [-0.2, 0) is 9.59 Å². The highest BCUT2D eigenvalue weighted by molar-refractivity contribution is 5.78. The van der Waals surface area contributed by atoms with Gasteiger partial charge in [-0.1, -0.05) is 20.3 Å². The Hall–Kier alpha value is -1.06. The Labute approximate surface area is 96.4 Å². The van der Waals surface area contributed by atoms with Crippen LogP contribution in [-0.4, -0.2) is 23.0 Å². The molecule has 1 rings (SSSR count). The topological polar surface area (TPSA) is 66.4 Å². The number of carbonyl (C=O) groups is 2. The molecule has 0 bridgehead atoms. The number of carboxylic acids is 1. The third kappa shape index (κ3) is 3.83. The van der Waals surface area contributed by atoms with Crippen molar-refractivity contribution in [3.8, 4) is 0 Å². The van der Waals surface area contributed by atoms with Crippen LogP contribution < -0.4 is 5.32 Å². The Morgan fingerprint density at radius 3 is 2.62 bits per heavy atom. The van der Waals surface area contributed by atoms with Crippen LogP contribution in [0.15, 0.2) is 0 Å². The van der Waals surface area contributed by atoms with Gasteiger partial charge in [-0.2, -0.15) is 0 Å². The van der Waals surface area contributed by atoms with Gasteiger partial charge in [-0.3, -0.25) is 9.59 Å². The zero-order valence-corrected chi connectivity index (χ0v) is 10.0. The van der Waals surface area contributed by atoms with E-state index in [1.54, 1.807) is 0 Å². The summed E-state index contributed by atoms with van der Waals surface area (Å²) in [6.45, 7) is 4.14. The lowest BCUT2D eigenvalue weighted by Crippen LogP contribution is -2.40. The van der Waals surface area contributed by atoms with E-state index in [4.69, 9.17) is 5.11 Å². The van der Waals surface area contributed by atoms with Crippen LogP contribution >= 0.6 is 0 Å². The van der Waals surface area contributed by atoms with Crippen LogP contribution in [0.3, 0.4) is 0 Å². The van der Waals surface area contributed by atoms with Crippen LogP contribution in [0.2, 0.25) is 0 Å². The van der Waals surface area contributed by atoms with Crippen molar-refractivity contribution in [1.29, 1.82) is 0 Å². The molecule has 1 saturated carbocycles. The van der Waals surface area contributed by atoms with Gasteiger partial charge in [-0.05, 0) is 25.2 Å². The molecule has 1 aliphatic rings. The fourth-order valence-electron chi connectivity index (χ4n) is 2.13. The first-order chi connectivity index (χ1) is 7.50. The molecule has 0 aromatic rings. The number of rotatable bonds is 5. The molecule has 0 radical (unpaired) electrons. The molecule has 1 aliphatic carbocycles. The van der Waals surface area contributed by atoms with E-state index in [2.05, 4.69) is 19.2 Å². The number of hydrogen-bond acceptors (Lipinski definition) is 2. The standard InChI is InChI=1S/C12H21NO3/c1-8(2)6-7-11(14)13-10-5-3-4-9(10)12(15)16/h8-10H,3-7H2,1-2H3,(H,13,14)(H,15,16). The second-order valence-electron chi connectivity index (χ2n) is 4.98. The summed E-state index contributed by atoms with van der Waals surface area (Å²) in [5.74, 6) is -0.675. The second-order valence-corrected chi connectivity index (χ2v) is 4.98. The number of hydrogen-bond donors (Lipinski definition) is 2. The maximum Gasteiger partial charge on any atom is 0.308 e. The molecule has 0 heterocycles. The minimum absolute atomic E-state index is 0.00755. The third-order valence-electron chi connectivity index (χ3n) is 3.13. The third-order valence-corrected chi connectivity index (χ3v) is 3.13. The first-order valence-corrected chi connectivity index (χ1v) is 6.03. The molecule has 0 aromatic heterocycles. The van der Waals surface area contributed by atoms with Crippen LogP contribution in [0.25, 0.3) is 0 Å². The summed E-state index contributed by atoms with van der Waals surface area (Å²) in [5, 5.41) is 11.8. The summed E-state index contributed by atoms with van der Waals surface area (Å²) in [7, 11) is 0. The monoisotopic (exact) mass is 227 g/mol. The molecule has 2 N–H and O–H groups in total. The number of carboxylic acid groups (broad SMARTS) is 1. The molecular formula is C12H21NO3. The molecule has 1 amide bonds. The van der Waals surface area contributed by atoms with Crippen LogP contribution in [0.1, 0.15) is 46.0 Å². The molecule has 2 atom stereocenters. The molecular weight excluding hydrogens is 206 g/mol. The maximum atomic E-state index is 11.6. The first kappa shape index (κ1) is 13.0. The van der Waals surface area contributed by atoms with Crippen molar-refractivity contribution in [1.82, 2.24) is 5.32 Å². The molecule has 0 aromatic carbocycles. The summed E-state index contributed by atoms with van der Waals surface area (Å²) in [5.41, 5.74) is 0. The summed E-state index contributed by atoms with van der Waals surface area (Å²) in [6, 6.07) is -0.155. The highest BCUT2D eigenvalue weighted by Gasteiger charge is 2.33. The number of amides is 1. The summed E-state index contributed by atoms with van der Waals surface area (Å²) in [4.78, 5) is 22.5. The largest absolute Gasteiger partial charge is 0.481 e. The molecule has 0 spiro atoms. The zero-order valence-electron chi connectivity index (χ0n) is 10.0. The van der Waals surface area contributed by atoms with Crippen molar-refractivity contribution < 1.29 is 14.7 Å². The Bertz CT molecular complexity index is 263. The smallest absolute Gasteiger partial charge is 0.308 e. The first-order valence-electron chi connectivity index (χ1n) is 6.03. The van der Waals surface area contributed by atoms with E-state index in [1.165, 1.54) is 0 Å². The molecule has 4 heteroatoms. The van der Waals surface area contributed by atoms with Crippen LogP contribution in [0, 0.1) is 11.8 Å². The number of carbonyl (C=O) groups excluding carboxylic acids is 1. The van der Waals surface area contributed by atoms with Crippen LogP contribution in [0.5, 0.6) is 0 Å². The quantitative estimate of drug-likeness (QED) is 0.752. The highest BCUT2D eigenvalue weighted by atomic mass is 16.4. The Morgan fingerprint density at radius 2 is 2.06 bits per heavy atom. The van der Waals surface area contributed by atoms with E-state index >= 15 is 0 Å². The van der Waals surface area contributed by atoms with E-state index in [0.717, 1.165) is 19.3 Å². The normalized spacial score (nSPS) is 24.7. The van der Waals surface area contributed by atoms with Gasteiger partial charge in [0.05, 0.1) is 5.92 Å². The van der Waals surface area contributed by atoms with Crippen molar-refractivity contribution in [3.63, 3.8) is 0 Å². The average molecular weight is 227 g/mol. The van der Waals surface area contributed by atoms with Crippen molar-refractivity contribution >= 4 is 11.9 Å². The number of aliphatic carboxylic acids is 1. The summed E-state index contributed by atoms with van der Waals surface area (Å²) in [6.07, 6.45) is 3.73. The lowest BCUT2D eigenvalue weighted by atomic mass is 10.0. The average Bonchev–Trinajstić information content (AvgIpc) is 2.62. The molecule has 0 saturated heterocycles. The minimum Gasteiger partial charge on any atom is -0.481 e. The molecule has 1 fully saturated rings. The van der Waals surface area contributed by atoms with E-state index in [0.29, 0.717) is 18.8 Å².